The Morgan fingerprint density at radius 2 is 0.609 bits per heavy atom. The Kier molecular flexibility index (Phi) is 60.1. The summed E-state index contributed by atoms with van der Waals surface area (Å²) >= 11 is 0. The molecule has 0 aromatic rings. The van der Waals surface area contributed by atoms with Crippen molar-refractivity contribution in [2.24, 2.45) is 0 Å². The van der Waals surface area contributed by atoms with Gasteiger partial charge in [-0.15, -0.1) is 9.05 Å². The van der Waals surface area contributed by atoms with Crippen molar-refractivity contribution in [3.8, 4) is 0 Å². The fraction of sp³-hybridized carbons (Fsp3) is 0.889. The molecule has 0 aromatic carbocycles. The molecule has 0 aliphatic carbocycles. The number of allylic oxidation sites excluding steroid dienone is 4. The molecule has 10 heteroatoms. The van der Waals surface area contributed by atoms with Gasteiger partial charge in [0.05, 0.1) is 0 Å². The van der Waals surface area contributed by atoms with Crippen molar-refractivity contribution in [3.05, 3.63) is 24.3 Å². The standard InChI is InChI=1S/2C18H35O3P.2Na/c2*1-2-3-4-5-6-7-8-9-10-11-12-13-14-15-16-17-18-21-22(19)20;;/h2*9-10H,2-8,11-18H2,1H3;;/q;;2*+1/b2*10-9-;;. The fourth-order valence-electron chi connectivity index (χ4n) is 4.98. The van der Waals surface area contributed by atoms with Gasteiger partial charge in [-0.25, -0.2) is 0 Å². The Labute approximate surface area is 332 Å². The quantitative estimate of drug-likeness (QED) is 0.0346. The maximum absolute atomic E-state index is 10.2. The molecular formula is C36H70Na2O6P2+2. The molecule has 0 radical (unpaired) electrons. The van der Waals surface area contributed by atoms with E-state index in [9.17, 15) is 18.9 Å². The van der Waals surface area contributed by atoms with E-state index in [4.69, 9.17) is 0 Å². The first kappa shape index (κ1) is 54.3. The molecule has 0 aliphatic heterocycles. The molecule has 0 aliphatic rings. The summed E-state index contributed by atoms with van der Waals surface area (Å²) in [6, 6.07) is 0. The maximum atomic E-state index is 10.2. The summed E-state index contributed by atoms with van der Waals surface area (Å²) in [5.74, 6) is 0. The third-order valence-electron chi connectivity index (χ3n) is 7.71. The molecule has 2 atom stereocenters. The maximum Gasteiger partial charge on any atom is 1.00 e. The van der Waals surface area contributed by atoms with Gasteiger partial charge in [-0.2, -0.15) is 0 Å². The zero-order valence-electron chi connectivity index (χ0n) is 30.9. The largest absolute Gasteiger partial charge is 1.00 e. The zero-order chi connectivity index (χ0) is 32.6. The number of hydrogen-bond donors (Lipinski definition) is 0. The smallest absolute Gasteiger partial charge is 0.566 e. The predicted octanol–water partition coefficient (Wildman–Crippen LogP) is 6.12. The summed E-state index contributed by atoms with van der Waals surface area (Å²) in [5.41, 5.74) is 0. The van der Waals surface area contributed by atoms with Crippen LogP contribution in [0.4, 0.5) is 0 Å². The van der Waals surface area contributed by atoms with Crippen molar-refractivity contribution >= 4 is 16.5 Å². The van der Waals surface area contributed by atoms with Crippen molar-refractivity contribution in [2.75, 3.05) is 13.2 Å². The van der Waals surface area contributed by atoms with Gasteiger partial charge in [-0.3, -0.25) is 0 Å². The van der Waals surface area contributed by atoms with Gasteiger partial charge < -0.3 is 9.79 Å². The van der Waals surface area contributed by atoms with E-state index in [1.807, 2.05) is 0 Å². The summed E-state index contributed by atoms with van der Waals surface area (Å²) in [7, 11) is -5.30. The Morgan fingerprint density at radius 1 is 0.391 bits per heavy atom. The second kappa shape index (κ2) is 50.9. The molecule has 0 bridgehead atoms. The zero-order valence-corrected chi connectivity index (χ0v) is 36.7. The summed E-state index contributed by atoms with van der Waals surface area (Å²) in [6.07, 6.45) is 44.6. The number of unbranched alkanes of at least 4 members (excludes halogenated alkanes) is 24. The van der Waals surface area contributed by atoms with Crippen LogP contribution in [-0.2, 0) is 18.2 Å². The Balaban J connectivity index is -0.000000367. The topological polar surface area (TPSA) is 98.7 Å². The van der Waals surface area contributed by atoms with E-state index >= 15 is 0 Å². The minimum absolute atomic E-state index is 0. The number of rotatable bonds is 34. The molecule has 0 fully saturated rings. The van der Waals surface area contributed by atoms with Crippen LogP contribution in [-0.4, -0.2) is 13.2 Å². The Morgan fingerprint density at radius 3 is 0.848 bits per heavy atom. The van der Waals surface area contributed by atoms with E-state index in [-0.39, 0.29) is 59.1 Å². The van der Waals surface area contributed by atoms with E-state index in [1.54, 1.807) is 0 Å². The van der Waals surface area contributed by atoms with E-state index in [1.165, 1.54) is 154 Å². The first-order chi connectivity index (χ1) is 21.5. The van der Waals surface area contributed by atoms with Gasteiger partial charge in [0.1, 0.15) is 13.2 Å². The second-order valence-electron chi connectivity index (χ2n) is 12.0. The van der Waals surface area contributed by atoms with Crippen molar-refractivity contribution in [1.82, 2.24) is 0 Å². The van der Waals surface area contributed by atoms with Crippen LogP contribution in [0.3, 0.4) is 0 Å². The average molecular weight is 707 g/mol. The molecule has 0 heterocycles. The summed E-state index contributed by atoms with van der Waals surface area (Å²) in [6.45, 7) is 5.21. The molecule has 0 rings (SSSR count). The van der Waals surface area contributed by atoms with Gasteiger partial charge in [0, 0.05) is 0 Å². The van der Waals surface area contributed by atoms with E-state index in [0.29, 0.717) is 13.2 Å². The van der Waals surface area contributed by atoms with Crippen LogP contribution in [0.5, 0.6) is 0 Å². The van der Waals surface area contributed by atoms with E-state index in [2.05, 4.69) is 47.2 Å². The average Bonchev–Trinajstić information content (AvgIpc) is 3.00. The number of hydrogen-bond acceptors (Lipinski definition) is 6. The summed E-state index contributed by atoms with van der Waals surface area (Å²) in [5, 5.41) is 0. The van der Waals surface area contributed by atoms with Gasteiger partial charge in [0.15, 0.2) is 0 Å². The molecule has 260 valence electrons. The minimum Gasteiger partial charge on any atom is -0.566 e. The molecule has 0 amide bonds. The van der Waals surface area contributed by atoms with Crippen molar-refractivity contribution in [1.29, 1.82) is 0 Å². The predicted molar refractivity (Wildman–Crippen MR) is 186 cm³/mol. The van der Waals surface area contributed by atoms with Gasteiger partial charge in [0.2, 0.25) is 0 Å². The van der Waals surface area contributed by atoms with Gasteiger partial charge >= 0.3 is 75.6 Å². The second-order valence-corrected chi connectivity index (χ2v) is 13.4. The van der Waals surface area contributed by atoms with Crippen LogP contribution in [0.2, 0.25) is 0 Å². The van der Waals surface area contributed by atoms with Crippen molar-refractivity contribution < 1.29 is 87.1 Å². The van der Waals surface area contributed by atoms with Crippen LogP contribution in [0, 0.1) is 0 Å². The van der Waals surface area contributed by atoms with Crippen molar-refractivity contribution in [3.63, 3.8) is 0 Å². The molecule has 0 spiro atoms. The van der Waals surface area contributed by atoms with Gasteiger partial charge in [-0.1, -0.05) is 154 Å². The Hall–Kier alpha value is 1.52. The summed E-state index contributed by atoms with van der Waals surface area (Å²) < 4.78 is 29.3. The SMILES string of the molecule is CCCCCCCC/C=C\CCCCCCCCO[P+](=O)[O-].CCCCCCCC/C=C\CCCCCCCCO[P+](=O)[O-].[Na+].[Na+]. The van der Waals surface area contributed by atoms with Crippen LogP contribution in [0.1, 0.15) is 194 Å². The molecule has 0 N–H and O–H groups in total. The van der Waals surface area contributed by atoms with Crippen molar-refractivity contribution in [2.45, 2.75) is 194 Å². The molecule has 0 aromatic heterocycles. The van der Waals surface area contributed by atoms with Crippen LogP contribution >= 0.6 is 16.5 Å². The third-order valence-corrected chi connectivity index (χ3v) is 8.49. The molecular weight excluding hydrogens is 636 g/mol. The van der Waals surface area contributed by atoms with Gasteiger partial charge in [0.25, 0.3) is 0 Å². The monoisotopic (exact) mass is 706 g/mol. The Bertz CT molecular complexity index is 600. The normalized spacial score (nSPS) is 11.7. The third kappa shape index (κ3) is 57.8. The molecule has 46 heavy (non-hydrogen) atoms. The van der Waals surface area contributed by atoms with Gasteiger partial charge in [-0.05, 0) is 73.3 Å². The molecule has 0 saturated heterocycles. The van der Waals surface area contributed by atoms with Crippen LogP contribution < -0.4 is 68.9 Å². The fourth-order valence-corrected chi connectivity index (χ4v) is 5.53. The summed E-state index contributed by atoms with van der Waals surface area (Å²) in [4.78, 5) is 20.3. The van der Waals surface area contributed by atoms with E-state index in [0.717, 1.165) is 25.7 Å². The first-order valence-corrected chi connectivity index (χ1v) is 20.6. The molecule has 0 saturated carbocycles. The molecule has 2 unspecified atom stereocenters. The first-order valence-electron chi connectivity index (χ1n) is 18.4. The minimum atomic E-state index is -2.65. The van der Waals surface area contributed by atoms with Crippen LogP contribution in [0.25, 0.3) is 0 Å². The molecule has 6 nitrogen and oxygen atoms in total. The van der Waals surface area contributed by atoms with Crippen LogP contribution in [0.15, 0.2) is 24.3 Å². The van der Waals surface area contributed by atoms with E-state index < -0.39 is 16.5 Å².